The molecule has 1 atom stereocenters. The van der Waals surface area contributed by atoms with Crippen molar-refractivity contribution < 1.29 is 9.47 Å². The van der Waals surface area contributed by atoms with E-state index in [1.54, 1.807) is 14.2 Å². The monoisotopic (exact) mass is 323 g/mol. The van der Waals surface area contributed by atoms with Gasteiger partial charge in [-0.15, -0.1) is 12.4 Å². The Morgan fingerprint density at radius 3 is 2.24 bits per heavy atom. The van der Waals surface area contributed by atoms with E-state index in [9.17, 15) is 0 Å². The molecule has 17 heavy (non-hydrogen) atoms. The molecule has 0 aliphatic heterocycles. The van der Waals surface area contributed by atoms with Crippen molar-refractivity contribution >= 4 is 28.3 Å². The maximum atomic E-state index is 5.94. The summed E-state index contributed by atoms with van der Waals surface area (Å²) >= 11 is 3.52. The number of methoxy groups -OCH3 is 2. The zero-order valence-electron chi connectivity index (χ0n) is 10.3. The highest BCUT2D eigenvalue weighted by Gasteiger charge is 2.11. The standard InChI is InChI=1S/C12H18BrNO2.ClH/c1-4-9(14)5-8-6-11(15-2)12(16-3)7-10(8)13;/h6-7,9H,4-5,14H2,1-3H3;1H. The lowest BCUT2D eigenvalue weighted by Gasteiger charge is -2.14. The number of benzene rings is 1. The fourth-order valence-electron chi connectivity index (χ4n) is 1.48. The third-order valence-corrected chi connectivity index (χ3v) is 3.30. The number of hydrogen-bond donors (Lipinski definition) is 1. The van der Waals surface area contributed by atoms with Crippen LogP contribution in [-0.2, 0) is 6.42 Å². The van der Waals surface area contributed by atoms with Crippen LogP contribution in [0.4, 0.5) is 0 Å². The minimum Gasteiger partial charge on any atom is -0.493 e. The van der Waals surface area contributed by atoms with E-state index in [1.807, 2.05) is 12.1 Å². The van der Waals surface area contributed by atoms with Crippen LogP contribution in [0.15, 0.2) is 16.6 Å². The Labute approximate surface area is 117 Å². The van der Waals surface area contributed by atoms with Gasteiger partial charge in [0.15, 0.2) is 11.5 Å². The third kappa shape index (κ3) is 4.37. The summed E-state index contributed by atoms with van der Waals surface area (Å²) in [7, 11) is 3.26. The summed E-state index contributed by atoms with van der Waals surface area (Å²) in [5.41, 5.74) is 7.09. The molecule has 3 nitrogen and oxygen atoms in total. The van der Waals surface area contributed by atoms with Crippen molar-refractivity contribution in [3.05, 3.63) is 22.2 Å². The molecule has 0 spiro atoms. The molecule has 0 fully saturated rings. The van der Waals surface area contributed by atoms with Crippen molar-refractivity contribution in [3.63, 3.8) is 0 Å². The predicted molar refractivity (Wildman–Crippen MR) is 76.5 cm³/mol. The van der Waals surface area contributed by atoms with Crippen molar-refractivity contribution in [3.8, 4) is 11.5 Å². The molecule has 1 rings (SSSR count). The number of halogens is 2. The van der Waals surface area contributed by atoms with Gasteiger partial charge in [0.1, 0.15) is 0 Å². The van der Waals surface area contributed by atoms with Crippen LogP contribution in [0.1, 0.15) is 18.9 Å². The van der Waals surface area contributed by atoms with Crippen molar-refractivity contribution in [2.75, 3.05) is 14.2 Å². The Hall–Kier alpha value is -0.450. The summed E-state index contributed by atoms with van der Waals surface area (Å²) in [6.45, 7) is 2.08. The predicted octanol–water partition coefficient (Wildman–Crippen LogP) is 3.17. The van der Waals surface area contributed by atoms with E-state index in [1.165, 1.54) is 0 Å². The Bertz CT molecular complexity index is 361. The van der Waals surface area contributed by atoms with Gasteiger partial charge in [-0.2, -0.15) is 0 Å². The van der Waals surface area contributed by atoms with Crippen LogP contribution in [0.5, 0.6) is 11.5 Å². The fraction of sp³-hybridized carbons (Fsp3) is 0.500. The summed E-state index contributed by atoms with van der Waals surface area (Å²) in [5, 5.41) is 0. The van der Waals surface area contributed by atoms with Gasteiger partial charge in [-0.05, 0) is 30.5 Å². The molecule has 0 aliphatic carbocycles. The SMILES string of the molecule is CCC(N)Cc1cc(OC)c(OC)cc1Br.Cl. The number of ether oxygens (including phenoxy) is 2. The van der Waals surface area contributed by atoms with Gasteiger partial charge in [0.05, 0.1) is 14.2 Å². The summed E-state index contributed by atoms with van der Waals surface area (Å²) < 4.78 is 11.5. The summed E-state index contributed by atoms with van der Waals surface area (Å²) in [6, 6.07) is 4.06. The largest absolute Gasteiger partial charge is 0.493 e. The highest BCUT2D eigenvalue weighted by molar-refractivity contribution is 9.10. The highest BCUT2D eigenvalue weighted by Crippen LogP contribution is 2.33. The highest BCUT2D eigenvalue weighted by atomic mass is 79.9. The van der Waals surface area contributed by atoms with Gasteiger partial charge in [-0.1, -0.05) is 22.9 Å². The quantitative estimate of drug-likeness (QED) is 0.905. The van der Waals surface area contributed by atoms with Gasteiger partial charge >= 0.3 is 0 Å². The first-order valence-corrected chi connectivity index (χ1v) is 6.07. The van der Waals surface area contributed by atoms with E-state index >= 15 is 0 Å². The van der Waals surface area contributed by atoms with Gasteiger partial charge in [-0.25, -0.2) is 0 Å². The molecule has 0 bridgehead atoms. The van der Waals surface area contributed by atoms with Crippen molar-refractivity contribution in [1.29, 1.82) is 0 Å². The van der Waals surface area contributed by atoms with Crippen molar-refractivity contribution in [2.45, 2.75) is 25.8 Å². The third-order valence-electron chi connectivity index (χ3n) is 2.56. The van der Waals surface area contributed by atoms with Gasteiger partial charge in [-0.3, -0.25) is 0 Å². The smallest absolute Gasteiger partial charge is 0.161 e. The molecule has 1 aromatic rings. The molecule has 0 radical (unpaired) electrons. The summed E-state index contributed by atoms with van der Waals surface area (Å²) in [6.07, 6.45) is 1.79. The normalized spacial score (nSPS) is 11.6. The second-order valence-electron chi connectivity index (χ2n) is 3.67. The molecule has 1 unspecified atom stereocenters. The minimum absolute atomic E-state index is 0. The van der Waals surface area contributed by atoms with Crippen LogP contribution in [0.2, 0.25) is 0 Å². The summed E-state index contributed by atoms with van der Waals surface area (Å²) in [5.74, 6) is 1.46. The lowest BCUT2D eigenvalue weighted by molar-refractivity contribution is 0.354. The Balaban J connectivity index is 0.00000256. The molecule has 98 valence electrons. The second kappa shape index (κ2) is 7.80. The van der Waals surface area contributed by atoms with E-state index < -0.39 is 0 Å². The number of nitrogens with two attached hydrogens (primary N) is 1. The topological polar surface area (TPSA) is 44.5 Å². The van der Waals surface area contributed by atoms with Crippen LogP contribution >= 0.6 is 28.3 Å². The van der Waals surface area contributed by atoms with Gasteiger partial charge in [0, 0.05) is 10.5 Å². The molecular formula is C12H19BrClNO2. The molecule has 0 saturated heterocycles. The molecule has 0 aromatic heterocycles. The van der Waals surface area contributed by atoms with Crippen LogP contribution in [0, 0.1) is 0 Å². The van der Waals surface area contributed by atoms with Crippen LogP contribution < -0.4 is 15.2 Å². The fourth-order valence-corrected chi connectivity index (χ4v) is 1.96. The maximum absolute atomic E-state index is 5.94. The zero-order valence-corrected chi connectivity index (χ0v) is 12.7. The van der Waals surface area contributed by atoms with E-state index in [0.29, 0.717) is 0 Å². The maximum Gasteiger partial charge on any atom is 0.161 e. The van der Waals surface area contributed by atoms with E-state index in [-0.39, 0.29) is 18.4 Å². The van der Waals surface area contributed by atoms with Crippen LogP contribution in [0.3, 0.4) is 0 Å². The van der Waals surface area contributed by atoms with Gasteiger partial charge in [0.2, 0.25) is 0 Å². The molecule has 1 aromatic carbocycles. The van der Waals surface area contributed by atoms with E-state index in [4.69, 9.17) is 15.2 Å². The molecule has 2 N–H and O–H groups in total. The van der Waals surface area contributed by atoms with Crippen LogP contribution in [0.25, 0.3) is 0 Å². The van der Waals surface area contributed by atoms with Crippen molar-refractivity contribution in [1.82, 2.24) is 0 Å². The van der Waals surface area contributed by atoms with E-state index in [0.717, 1.165) is 34.4 Å². The average molecular weight is 325 g/mol. The Morgan fingerprint density at radius 2 is 1.76 bits per heavy atom. The first-order chi connectivity index (χ1) is 7.62. The zero-order chi connectivity index (χ0) is 12.1. The van der Waals surface area contributed by atoms with E-state index in [2.05, 4.69) is 22.9 Å². The Kier molecular flexibility index (Phi) is 7.59. The number of rotatable bonds is 5. The van der Waals surface area contributed by atoms with Crippen LogP contribution in [-0.4, -0.2) is 20.3 Å². The lowest BCUT2D eigenvalue weighted by atomic mass is 10.0. The molecule has 0 amide bonds. The second-order valence-corrected chi connectivity index (χ2v) is 4.53. The molecular weight excluding hydrogens is 305 g/mol. The molecule has 5 heteroatoms. The minimum atomic E-state index is 0. The van der Waals surface area contributed by atoms with Crippen molar-refractivity contribution in [2.24, 2.45) is 5.73 Å². The molecule has 0 aliphatic rings. The first-order valence-electron chi connectivity index (χ1n) is 5.28. The Morgan fingerprint density at radius 1 is 1.24 bits per heavy atom. The first kappa shape index (κ1) is 16.6. The molecule has 0 heterocycles. The molecule has 0 saturated carbocycles. The average Bonchev–Trinajstić information content (AvgIpc) is 2.30. The number of hydrogen-bond acceptors (Lipinski definition) is 3. The van der Waals surface area contributed by atoms with Gasteiger partial charge in [0.25, 0.3) is 0 Å². The summed E-state index contributed by atoms with van der Waals surface area (Å²) in [4.78, 5) is 0. The van der Waals surface area contributed by atoms with Gasteiger partial charge < -0.3 is 15.2 Å². The lowest BCUT2D eigenvalue weighted by Crippen LogP contribution is -2.21.